The second kappa shape index (κ2) is 8.57. The normalized spacial score (nSPS) is 19.3. The molecule has 0 bridgehead atoms. The van der Waals surface area contributed by atoms with Crippen LogP contribution in [-0.4, -0.2) is 41.4 Å². The number of nitrogens with one attached hydrogen (secondary N) is 1. The number of pyridine rings is 2. The monoisotopic (exact) mass is 507 g/mol. The van der Waals surface area contributed by atoms with Crippen molar-refractivity contribution in [3.05, 3.63) is 65.9 Å². The minimum Gasteiger partial charge on any atom is -0.355 e. The summed E-state index contributed by atoms with van der Waals surface area (Å²) in [5.74, 6) is -1.98. The maximum absolute atomic E-state index is 15.7. The van der Waals surface area contributed by atoms with Crippen LogP contribution in [0.25, 0.3) is 11.1 Å². The number of rotatable bonds is 5. The SMILES string of the molecule is CC1C(=O)N(CC(=O)Nc2ccc(C(F)F)cc2)c2cc(N3CC4(CC4)C3)nc(F)c2-c2cccnc21. The van der Waals surface area contributed by atoms with Crippen LogP contribution in [0.3, 0.4) is 0 Å². The molecule has 2 fully saturated rings. The second-order valence-electron chi connectivity index (χ2n) is 10.1. The van der Waals surface area contributed by atoms with E-state index in [1.54, 1.807) is 31.3 Å². The van der Waals surface area contributed by atoms with Gasteiger partial charge >= 0.3 is 0 Å². The minimum atomic E-state index is -2.62. The molecule has 10 heteroatoms. The lowest BCUT2D eigenvalue weighted by atomic mass is 9.96. The number of nitrogens with zero attached hydrogens (tertiary/aromatic N) is 4. The van der Waals surface area contributed by atoms with Gasteiger partial charge in [0, 0.05) is 47.6 Å². The van der Waals surface area contributed by atoms with Crippen LogP contribution in [-0.2, 0) is 9.59 Å². The van der Waals surface area contributed by atoms with Gasteiger partial charge in [0.2, 0.25) is 17.8 Å². The van der Waals surface area contributed by atoms with Gasteiger partial charge in [-0.3, -0.25) is 14.6 Å². The smallest absolute Gasteiger partial charge is 0.263 e. The highest BCUT2D eigenvalue weighted by atomic mass is 19.3. The number of amides is 2. The van der Waals surface area contributed by atoms with Gasteiger partial charge in [-0.25, -0.2) is 13.8 Å². The van der Waals surface area contributed by atoms with Gasteiger partial charge in [-0.1, -0.05) is 18.2 Å². The third kappa shape index (κ3) is 4.10. The predicted molar refractivity (Wildman–Crippen MR) is 132 cm³/mol. The molecule has 4 heterocycles. The standard InChI is InChI=1S/C27H24F3N5O2/c1-15-23-18(3-2-10-31-23)22-19(11-20(33-25(22)30)34-13-27(14-34)8-9-27)35(26(15)37)12-21(36)32-17-6-4-16(5-7-17)24(28)29/h2-7,10-11,15,24H,8-9,12-14H2,1H3,(H,32,36). The number of anilines is 3. The highest BCUT2D eigenvalue weighted by Gasteiger charge is 2.53. The van der Waals surface area contributed by atoms with Crippen LogP contribution in [0.5, 0.6) is 0 Å². The Kier molecular flexibility index (Phi) is 5.43. The van der Waals surface area contributed by atoms with Gasteiger partial charge in [0.25, 0.3) is 6.43 Å². The molecule has 1 atom stereocenters. The maximum Gasteiger partial charge on any atom is 0.263 e. The highest BCUT2D eigenvalue weighted by molar-refractivity contribution is 6.09. The summed E-state index contributed by atoms with van der Waals surface area (Å²) in [4.78, 5) is 38.5. The first-order valence-electron chi connectivity index (χ1n) is 12.1. The van der Waals surface area contributed by atoms with Crippen molar-refractivity contribution in [3.8, 4) is 11.1 Å². The van der Waals surface area contributed by atoms with E-state index in [1.165, 1.54) is 29.2 Å². The lowest BCUT2D eigenvalue weighted by Crippen LogP contribution is -2.49. The Bertz CT molecular complexity index is 1400. The van der Waals surface area contributed by atoms with E-state index in [0.717, 1.165) is 25.9 Å². The van der Waals surface area contributed by atoms with Gasteiger partial charge in [0.1, 0.15) is 12.4 Å². The molecule has 6 rings (SSSR count). The predicted octanol–water partition coefficient (Wildman–Crippen LogP) is 4.91. The average molecular weight is 508 g/mol. The number of aromatic nitrogens is 2. The van der Waals surface area contributed by atoms with E-state index >= 15 is 4.39 Å². The van der Waals surface area contributed by atoms with Gasteiger partial charge in [0.15, 0.2) is 0 Å². The topological polar surface area (TPSA) is 78.4 Å². The summed E-state index contributed by atoms with van der Waals surface area (Å²) in [6, 6.07) is 10.2. The molecule has 2 amide bonds. The Morgan fingerprint density at radius 2 is 1.92 bits per heavy atom. The summed E-state index contributed by atoms with van der Waals surface area (Å²) in [5, 5.41) is 2.64. The maximum atomic E-state index is 15.7. The van der Waals surface area contributed by atoms with Gasteiger partial charge in [-0.2, -0.15) is 4.39 Å². The van der Waals surface area contributed by atoms with Crippen LogP contribution in [0, 0.1) is 11.4 Å². The van der Waals surface area contributed by atoms with Crippen LogP contribution in [0.2, 0.25) is 0 Å². The largest absolute Gasteiger partial charge is 0.355 e. The molecular weight excluding hydrogens is 483 g/mol. The molecule has 3 aromatic rings. The Morgan fingerprint density at radius 3 is 2.59 bits per heavy atom. The molecule has 37 heavy (non-hydrogen) atoms. The zero-order valence-electron chi connectivity index (χ0n) is 20.0. The van der Waals surface area contributed by atoms with Crippen LogP contribution in [0.4, 0.5) is 30.4 Å². The first-order chi connectivity index (χ1) is 17.7. The van der Waals surface area contributed by atoms with E-state index in [2.05, 4.69) is 15.3 Å². The molecular formula is C27H24F3N5O2. The Balaban J connectivity index is 1.36. The number of hydrogen-bond donors (Lipinski definition) is 1. The van der Waals surface area contributed by atoms with Crippen LogP contribution in [0.1, 0.15) is 43.4 Å². The number of carbonyl (C=O) groups excluding carboxylic acids is 2. The highest BCUT2D eigenvalue weighted by Crippen LogP contribution is 2.54. The lowest BCUT2D eigenvalue weighted by molar-refractivity contribution is -0.122. The zero-order chi connectivity index (χ0) is 25.9. The van der Waals surface area contributed by atoms with E-state index in [9.17, 15) is 18.4 Å². The molecule has 3 aliphatic rings. The Hall–Kier alpha value is -3.95. The quantitative estimate of drug-likeness (QED) is 0.497. The van der Waals surface area contributed by atoms with Crippen molar-refractivity contribution in [1.82, 2.24) is 9.97 Å². The lowest BCUT2D eigenvalue weighted by Gasteiger charge is -2.41. The van der Waals surface area contributed by atoms with E-state index in [-0.39, 0.29) is 16.8 Å². The molecule has 190 valence electrons. The van der Waals surface area contributed by atoms with Crippen molar-refractivity contribution in [2.24, 2.45) is 5.41 Å². The molecule has 2 aliphatic heterocycles. The number of fused-ring (bicyclic) bond motifs is 3. The number of alkyl halides is 2. The molecule has 1 aromatic carbocycles. The van der Waals surface area contributed by atoms with Crippen LogP contribution >= 0.6 is 0 Å². The van der Waals surface area contributed by atoms with Crippen molar-refractivity contribution < 1.29 is 22.8 Å². The molecule has 1 unspecified atom stereocenters. The molecule has 2 aromatic heterocycles. The summed E-state index contributed by atoms with van der Waals surface area (Å²) in [5.41, 5.74) is 1.71. The van der Waals surface area contributed by atoms with E-state index in [0.29, 0.717) is 28.2 Å². The zero-order valence-corrected chi connectivity index (χ0v) is 20.0. The molecule has 7 nitrogen and oxygen atoms in total. The number of carbonyl (C=O) groups is 2. The number of halogens is 3. The van der Waals surface area contributed by atoms with Gasteiger partial charge < -0.3 is 15.1 Å². The fraction of sp³-hybridized carbons (Fsp3) is 0.333. The average Bonchev–Trinajstić information content (AvgIpc) is 3.67. The van der Waals surface area contributed by atoms with Crippen molar-refractivity contribution >= 4 is 29.0 Å². The summed E-state index contributed by atoms with van der Waals surface area (Å²) >= 11 is 0. The molecule has 1 N–H and O–H groups in total. The first-order valence-corrected chi connectivity index (χ1v) is 12.1. The molecule has 1 saturated heterocycles. The summed E-state index contributed by atoms with van der Waals surface area (Å²) in [6.07, 6.45) is 1.22. The van der Waals surface area contributed by atoms with Crippen molar-refractivity contribution in [2.45, 2.75) is 32.1 Å². The minimum absolute atomic E-state index is 0.125. The van der Waals surface area contributed by atoms with E-state index in [4.69, 9.17) is 0 Å². The third-order valence-corrected chi connectivity index (χ3v) is 7.47. The van der Waals surface area contributed by atoms with E-state index in [1.807, 2.05) is 4.90 Å². The van der Waals surface area contributed by atoms with E-state index < -0.39 is 36.7 Å². The van der Waals surface area contributed by atoms with Crippen molar-refractivity contribution in [3.63, 3.8) is 0 Å². The fourth-order valence-corrected chi connectivity index (χ4v) is 5.19. The molecule has 1 aliphatic carbocycles. The van der Waals surface area contributed by atoms with Crippen LogP contribution in [0.15, 0.2) is 48.7 Å². The van der Waals surface area contributed by atoms with Gasteiger partial charge in [0.05, 0.1) is 22.9 Å². The summed E-state index contributed by atoms with van der Waals surface area (Å²) in [6.45, 7) is 2.85. The number of hydrogen-bond acceptors (Lipinski definition) is 5. The molecule has 0 radical (unpaired) electrons. The first kappa shape index (κ1) is 23.4. The van der Waals surface area contributed by atoms with Gasteiger partial charge in [-0.05, 0) is 38.0 Å². The Morgan fingerprint density at radius 1 is 1.19 bits per heavy atom. The third-order valence-electron chi connectivity index (χ3n) is 7.47. The number of benzene rings is 1. The Labute approximate surface area is 211 Å². The fourth-order valence-electron chi connectivity index (χ4n) is 5.19. The second-order valence-corrected chi connectivity index (χ2v) is 10.1. The molecule has 1 saturated carbocycles. The van der Waals surface area contributed by atoms with Gasteiger partial charge in [-0.15, -0.1) is 0 Å². The summed E-state index contributed by atoms with van der Waals surface area (Å²) < 4.78 is 41.4. The summed E-state index contributed by atoms with van der Waals surface area (Å²) in [7, 11) is 0. The van der Waals surface area contributed by atoms with Crippen molar-refractivity contribution in [2.75, 3.05) is 34.8 Å². The van der Waals surface area contributed by atoms with Crippen molar-refractivity contribution in [1.29, 1.82) is 0 Å². The molecule has 1 spiro atoms. The van der Waals surface area contributed by atoms with Crippen LogP contribution < -0.4 is 15.1 Å².